The zero-order valence-corrected chi connectivity index (χ0v) is 13.6. The van der Waals surface area contributed by atoms with Crippen molar-refractivity contribution in [2.45, 2.75) is 26.2 Å². The molecule has 0 aliphatic rings. The molecule has 3 nitrogen and oxygen atoms in total. The van der Waals surface area contributed by atoms with Crippen LogP contribution < -0.4 is 10.1 Å². The SMILES string of the molecule is COc1ccc(C(=O)CNc2ccccc2C(C)(C)C)cc1. The van der Waals surface area contributed by atoms with Gasteiger partial charge in [-0.2, -0.15) is 0 Å². The molecule has 0 bridgehead atoms. The summed E-state index contributed by atoms with van der Waals surface area (Å²) in [6.07, 6.45) is 0. The van der Waals surface area contributed by atoms with E-state index in [0.717, 1.165) is 11.4 Å². The number of methoxy groups -OCH3 is 1. The number of carbonyl (C=O) groups is 1. The molecule has 0 saturated heterocycles. The maximum atomic E-state index is 12.3. The average molecular weight is 297 g/mol. The molecule has 22 heavy (non-hydrogen) atoms. The number of para-hydroxylation sites is 1. The van der Waals surface area contributed by atoms with Gasteiger partial charge in [-0.3, -0.25) is 4.79 Å². The minimum atomic E-state index is 0.0345. The van der Waals surface area contributed by atoms with E-state index in [2.05, 4.69) is 32.2 Å². The van der Waals surface area contributed by atoms with Crippen molar-refractivity contribution in [3.05, 3.63) is 59.7 Å². The fourth-order valence-corrected chi connectivity index (χ4v) is 2.35. The number of Topliss-reactive ketones (excluding diaryl/α,β-unsaturated/α-hetero) is 1. The topological polar surface area (TPSA) is 38.3 Å². The molecule has 2 aromatic carbocycles. The van der Waals surface area contributed by atoms with Gasteiger partial charge in [0.15, 0.2) is 5.78 Å². The highest BCUT2D eigenvalue weighted by Gasteiger charge is 2.17. The van der Waals surface area contributed by atoms with Crippen molar-refractivity contribution in [1.82, 2.24) is 0 Å². The lowest BCUT2D eigenvalue weighted by molar-refractivity contribution is 0.101. The van der Waals surface area contributed by atoms with E-state index < -0.39 is 0 Å². The van der Waals surface area contributed by atoms with Crippen molar-refractivity contribution in [3.63, 3.8) is 0 Å². The molecule has 0 heterocycles. The Morgan fingerprint density at radius 1 is 1.05 bits per heavy atom. The Morgan fingerprint density at radius 3 is 2.27 bits per heavy atom. The van der Waals surface area contributed by atoms with Crippen LogP contribution in [0.5, 0.6) is 5.75 Å². The Bertz CT molecular complexity index is 639. The second-order valence-electron chi connectivity index (χ2n) is 6.30. The van der Waals surface area contributed by atoms with E-state index in [1.54, 1.807) is 31.4 Å². The zero-order chi connectivity index (χ0) is 16.2. The predicted octanol–water partition coefficient (Wildman–Crippen LogP) is 4.29. The second-order valence-corrected chi connectivity index (χ2v) is 6.30. The van der Waals surface area contributed by atoms with Gasteiger partial charge in [-0.05, 0) is 41.3 Å². The molecule has 116 valence electrons. The first kappa shape index (κ1) is 16.1. The van der Waals surface area contributed by atoms with Gasteiger partial charge in [-0.15, -0.1) is 0 Å². The lowest BCUT2D eigenvalue weighted by Crippen LogP contribution is -2.19. The van der Waals surface area contributed by atoms with Gasteiger partial charge >= 0.3 is 0 Å². The summed E-state index contributed by atoms with van der Waals surface area (Å²) in [4.78, 5) is 12.3. The Labute approximate surface area is 132 Å². The molecule has 3 heteroatoms. The van der Waals surface area contributed by atoms with Crippen molar-refractivity contribution in [3.8, 4) is 5.75 Å². The van der Waals surface area contributed by atoms with Crippen molar-refractivity contribution >= 4 is 11.5 Å². The standard InChI is InChI=1S/C19H23NO2/c1-19(2,3)16-7-5-6-8-17(16)20-13-18(21)14-9-11-15(22-4)12-10-14/h5-12,20H,13H2,1-4H3. The fraction of sp³-hybridized carbons (Fsp3) is 0.316. The van der Waals surface area contributed by atoms with Crippen LogP contribution in [0, 0.1) is 0 Å². The number of hydrogen-bond acceptors (Lipinski definition) is 3. The summed E-state index contributed by atoms with van der Waals surface area (Å²) >= 11 is 0. The van der Waals surface area contributed by atoms with E-state index in [9.17, 15) is 4.79 Å². The predicted molar refractivity (Wildman–Crippen MR) is 91.0 cm³/mol. The first-order chi connectivity index (χ1) is 10.4. The van der Waals surface area contributed by atoms with Crippen molar-refractivity contribution in [2.24, 2.45) is 0 Å². The summed E-state index contributed by atoms with van der Waals surface area (Å²) in [5, 5.41) is 3.27. The van der Waals surface area contributed by atoms with Gasteiger partial charge < -0.3 is 10.1 Å². The Morgan fingerprint density at radius 2 is 1.68 bits per heavy atom. The van der Waals surface area contributed by atoms with Crippen LogP contribution in [-0.2, 0) is 5.41 Å². The molecule has 2 aromatic rings. The quantitative estimate of drug-likeness (QED) is 0.837. The third kappa shape index (κ3) is 3.88. The average Bonchev–Trinajstić information content (AvgIpc) is 2.52. The highest BCUT2D eigenvalue weighted by atomic mass is 16.5. The van der Waals surface area contributed by atoms with E-state index in [-0.39, 0.29) is 17.7 Å². The van der Waals surface area contributed by atoms with Crippen LogP contribution in [0.2, 0.25) is 0 Å². The lowest BCUT2D eigenvalue weighted by Gasteiger charge is -2.23. The number of carbonyl (C=O) groups excluding carboxylic acids is 1. The van der Waals surface area contributed by atoms with Crippen LogP contribution in [0.3, 0.4) is 0 Å². The van der Waals surface area contributed by atoms with Gasteiger partial charge in [0, 0.05) is 11.3 Å². The summed E-state index contributed by atoms with van der Waals surface area (Å²) in [6.45, 7) is 6.77. The molecule has 0 spiro atoms. The first-order valence-corrected chi connectivity index (χ1v) is 7.42. The largest absolute Gasteiger partial charge is 0.497 e. The van der Waals surface area contributed by atoms with Gasteiger partial charge in [-0.1, -0.05) is 39.0 Å². The van der Waals surface area contributed by atoms with E-state index in [0.29, 0.717) is 5.56 Å². The van der Waals surface area contributed by atoms with E-state index in [4.69, 9.17) is 4.74 Å². The number of anilines is 1. The summed E-state index contributed by atoms with van der Waals surface area (Å²) in [7, 11) is 1.61. The summed E-state index contributed by atoms with van der Waals surface area (Å²) in [6, 6.07) is 15.3. The van der Waals surface area contributed by atoms with Gasteiger partial charge in [0.05, 0.1) is 13.7 Å². The normalized spacial score (nSPS) is 11.1. The highest BCUT2D eigenvalue weighted by molar-refractivity contribution is 5.99. The van der Waals surface area contributed by atoms with Gasteiger partial charge in [0.1, 0.15) is 5.75 Å². The fourth-order valence-electron chi connectivity index (χ4n) is 2.35. The minimum Gasteiger partial charge on any atom is -0.497 e. The molecule has 0 unspecified atom stereocenters. The Hall–Kier alpha value is -2.29. The molecular formula is C19H23NO2. The van der Waals surface area contributed by atoms with E-state index in [1.807, 2.05) is 18.2 Å². The maximum Gasteiger partial charge on any atom is 0.181 e. The number of benzene rings is 2. The zero-order valence-electron chi connectivity index (χ0n) is 13.6. The summed E-state index contributed by atoms with van der Waals surface area (Å²) in [5.74, 6) is 0.814. The van der Waals surface area contributed by atoms with Crippen LogP contribution in [0.25, 0.3) is 0 Å². The monoisotopic (exact) mass is 297 g/mol. The summed E-state index contributed by atoms with van der Waals surface area (Å²) in [5.41, 5.74) is 2.93. The second kappa shape index (κ2) is 6.65. The van der Waals surface area contributed by atoms with Gasteiger partial charge in [-0.25, -0.2) is 0 Å². The molecule has 0 atom stereocenters. The van der Waals surface area contributed by atoms with Gasteiger partial charge in [0.25, 0.3) is 0 Å². The van der Waals surface area contributed by atoms with Gasteiger partial charge in [0.2, 0.25) is 0 Å². The molecule has 0 aliphatic carbocycles. The Balaban J connectivity index is 2.08. The van der Waals surface area contributed by atoms with Crippen LogP contribution >= 0.6 is 0 Å². The summed E-state index contributed by atoms with van der Waals surface area (Å²) < 4.78 is 5.10. The van der Waals surface area contributed by atoms with Crippen LogP contribution in [-0.4, -0.2) is 19.4 Å². The molecule has 0 radical (unpaired) electrons. The number of rotatable bonds is 5. The third-order valence-electron chi connectivity index (χ3n) is 3.59. The van der Waals surface area contributed by atoms with E-state index in [1.165, 1.54) is 5.56 Å². The van der Waals surface area contributed by atoms with Crippen LogP contribution in [0.1, 0.15) is 36.7 Å². The molecule has 0 aromatic heterocycles. The molecule has 1 N–H and O–H groups in total. The van der Waals surface area contributed by atoms with Crippen molar-refractivity contribution < 1.29 is 9.53 Å². The minimum absolute atomic E-state index is 0.0345. The molecule has 0 saturated carbocycles. The third-order valence-corrected chi connectivity index (χ3v) is 3.59. The lowest BCUT2D eigenvalue weighted by atomic mass is 9.86. The highest BCUT2D eigenvalue weighted by Crippen LogP contribution is 2.29. The van der Waals surface area contributed by atoms with Crippen LogP contribution in [0.15, 0.2) is 48.5 Å². The number of ketones is 1. The molecule has 0 aliphatic heterocycles. The van der Waals surface area contributed by atoms with E-state index >= 15 is 0 Å². The van der Waals surface area contributed by atoms with Crippen molar-refractivity contribution in [1.29, 1.82) is 0 Å². The maximum absolute atomic E-state index is 12.3. The molecule has 0 amide bonds. The number of ether oxygens (including phenoxy) is 1. The number of hydrogen-bond donors (Lipinski definition) is 1. The Kier molecular flexibility index (Phi) is 4.86. The molecule has 0 fully saturated rings. The molecular weight excluding hydrogens is 274 g/mol. The molecule has 2 rings (SSSR count). The first-order valence-electron chi connectivity index (χ1n) is 7.42. The number of nitrogens with one attached hydrogen (secondary N) is 1. The van der Waals surface area contributed by atoms with Crippen LogP contribution in [0.4, 0.5) is 5.69 Å². The smallest absolute Gasteiger partial charge is 0.181 e. The van der Waals surface area contributed by atoms with Crippen molar-refractivity contribution in [2.75, 3.05) is 19.0 Å².